The summed E-state index contributed by atoms with van der Waals surface area (Å²) in [5, 5.41) is 0. The Morgan fingerprint density at radius 3 is 2.14 bits per heavy atom. The van der Waals surface area contributed by atoms with Gasteiger partial charge in [-0.2, -0.15) is 13.2 Å². The molecule has 3 nitrogen and oxygen atoms in total. The zero-order valence-electron chi connectivity index (χ0n) is 8.36. The zero-order valence-corrected chi connectivity index (χ0v) is 8.36. The van der Waals surface area contributed by atoms with Crippen LogP contribution in [0.2, 0.25) is 0 Å². The molecule has 0 radical (unpaired) electrons. The van der Waals surface area contributed by atoms with Gasteiger partial charge in [-0.1, -0.05) is 0 Å². The highest BCUT2D eigenvalue weighted by Crippen LogP contribution is 2.14. The fourth-order valence-corrected chi connectivity index (χ4v) is 0.624. The average Bonchev–Trinajstić information content (AvgIpc) is 2.01. The van der Waals surface area contributed by atoms with Crippen LogP contribution in [0.25, 0.3) is 0 Å². The Labute approximate surface area is 81.4 Å². The number of alkyl halides is 3. The van der Waals surface area contributed by atoms with Crippen molar-refractivity contribution in [3.8, 4) is 0 Å². The van der Waals surface area contributed by atoms with Gasteiger partial charge >= 0.3 is 6.18 Å². The molecule has 0 spiro atoms. The zero-order chi connectivity index (χ0) is 11.2. The molecule has 0 unspecified atom stereocenters. The second-order valence-corrected chi connectivity index (χ2v) is 3.48. The van der Waals surface area contributed by atoms with Crippen LogP contribution >= 0.6 is 0 Å². The molecular weight excluding hydrogens is 199 g/mol. The van der Waals surface area contributed by atoms with Crippen LogP contribution in [-0.4, -0.2) is 38.1 Å². The number of ether oxygens (including phenoxy) is 2. The van der Waals surface area contributed by atoms with Crippen LogP contribution in [0.1, 0.15) is 13.8 Å². The maximum Gasteiger partial charge on any atom is 0.411 e. The van der Waals surface area contributed by atoms with Gasteiger partial charge in [0.05, 0.1) is 18.8 Å². The predicted molar refractivity (Wildman–Crippen MR) is 46.0 cm³/mol. The van der Waals surface area contributed by atoms with Crippen molar-refractivity contribution < 1.29 is 22.6 Å². The SMILES string of the molecule is CC(C)(CN)OCCOCC(F)(F)F. The number of halogens is 3. The van der Waals surface area contributed by atoms with E-state index in [0.717, 1.165) is 0 Å². The third kappa shape index (κ3) is 8.28. The van der Waals surface area contributed by atoms with Crippen LogP contribution in [0.3, 0.4) is 0 Å². The molecule has 0 amide bonds. The van der Waals surface area contributed by atoms with Crippen LogP contribution in [0.4, 0.5) is 13.2 Å². The van der Waals surface area contributed by atoms with E-state index in [0.29, 0.717) is 6.54 Å². The van der Waals surface area contributed by atoms with Gasteiger partial charge in [-0.25, -0.2) is 0 Å². The Morgan fingerprint density at radius 2 is 1.71 bits per heavy atom. The molecule has 86 valence electrons. The summed E-state index contributed by atoms with van der Waals surface area (Å²) in [6, 6.07) is 0. The predicted octanol–water partition coefficient (Wildman–Crippen LogP) is 1.32. The Bertz CT molecular complexity index is 159. The lowest BCUT2D eigenvalue weighted by atomic mass is 10.1. The Kier molecular flexibility index (Phi) is 5.40. The fourth-order valence-electron chi connectivity index (χ4n) is 0.624. The standard InChI is InChI=1S/C8H16F3NO2/c1-7(2,5-12)14-4-3-13-6-8(9,10)11/h3-6,12H2,1-2H3. The molecule has 14 heavy (non-hydrogen) atoms. The number of hydrogen-bond acceptors (Lipinski definition) is 3. The van der Waals surface area contributed by atoms with Crippen molar-refractivity contribution in [2.24, 2.45) is 5.73 Å². The quantitative estimate of drug-likeness (QED) is 0.679. The van der Waals surface area contributed by atoms with E-state index >= 15 is 0 Å². The molecule has 0 atom stereocenters. The topological polar surface area (TPSA) is 44.5 Å². The third-order valence-electron chi connectivity index (χ3n) is 1.48. The van der Waals surface area contributed by atoms with Gasteiger partial charge in [-0.05, 0) is 13.8 Å². The first-order valence-electron chi connectivity index (χ1n) is 4.25. The molecule has 0 rings (SSSR count). The van der Waals surface area contributed by atoms with Crippen molar-refractivity contribution >= 4 is 0 Å². The van der Waals surface area contributed by atoms with E-state index in [4.69, 9.17) is 10.5 Å². The molecule has 0 aromatic rings. The lowest BCUT2D eigenvalue weighted by Crippen LogP contribution is -2.35. The summed E-state index contributed by atoms with van der Waals surface area (Å²) in [6.07, 6.45) is -4.27. The maximum absolute atomic E-state index is 11.6. The van der Waals surface area contributed by atoms with Gasteiger partial charge in [0.2, 0.25) is 0 Å². The smallest absolute Gasteiger partial charge is 0.372 e. The largest absolute Gasteiger partial charge is 0.411 e. The third-order valence-corrected chi connectivity index (χ3v) is 1.48. The van der Waals surface area contributed by atoms with Crippen LogP contribution in [0, 0.1) is 0 Å². The van der Waals surface area contributed by atoms with Gasteiger partial charge in [0.25, 0.3) is 0 Å². The lowest BCUT2D eigenvalue weighted by Gasteiger charge is -2.23. The monoisotopic (exact) mass is 215 g/mol. The van der Waals surface area contributed by atoms with Crippen molar-refractivity contribution in [2.75, 3.05) is 26.4 Å². The summed E-state index contributed by atoms with van der Waals surface area (Å²) in [6.45, 7) is 2.63. The van der Waals surface area contributed by atoms with Gasteiger partial charge in [0.1, 0.15) is 6.61 Å². The van der Waals surface area contributed by atoms with Crippen molar-refractivity contribution in [2.45, 2.75) is 25.6 Å². The fraction of sp³-hybridized carbons (Fsp3) is 1.00. The summed E-state index contributed by atoms with van der Waals surface area (Å²) in [5.74, 6) is 0. The molecule has 0 aliphatic rings. The number of rotatable bonds is 6. The van der Waals surface area contributed by atoms with Crippen LogP contribution in [0.5, 0.6) is 0 Å². The first kappa shape index (κ1) is 13.7. The molecule has 6 heteroatoms. The minimum Gasteiger partial charge on any atom is -0.372 e. The Morgan fingerprint density at radius 1 is 1.14 bits per heavy atom. The van der Waals surface area contributed by atoms with Gasteiger partial charge in [-0.3, -0.25) is 0 Å². The highest BCUT2D eigenvalue weighted by atomic mass is 19.4. The van der Waals surface area contributed by atoms with E-state index in [1.807, 2.05) is 0 Å². The molecular formula is C8H16F3NO2. The molecule has 0 aromatic heterocycles. The summed E-state index contributed by atoms with van der Waals surface area (Å²) < 4.78 is 44.3. The summed E-state index contributed by atoms with van der Waals surface area (Å²) in [5.41, 5.74) is 4.83. The summed E-state index contributed by atoms with van der Waals surface area (Å²) in [7, 11) is 0. The van der Waals surface area contributed by atoms with E-state index in [-0.39, 0.29) is 13.2 Å². The maximum atomic E-state index is 11.6. The van der Waals surface area contributed by atoms with Gasteiger partial charge in [0.15, 0.2) is 0 Å². The Hall–Kier alpha value is -0.330. The highest BCUT2D eigenvalue weighted by Gasteiger charge is 2.27. The molecule has 0 aliphatic heterocycles. The molecule has 0 aromatic carbocycles. The normalized spacial score (nSPS) is 13.3. The molecule has 0 fully saturated rings. The van der Waals surface area contributed by atoms with Crippen molar-refractivity contribution in [1.29, 1.82) is 0 Å². The minimum atomic E-state index is -4.27. The first-order valence-corrected chi connectivity index (χ1v) is 4.25. The highest BCUT2D eigenvalue weighted by molar-refractivity contribution is 4.68. The van der Waals surface area contributed by atoms with E-state index < -0.39 is 18.4 Å². The van der Waals surface area contributed by atoms with Crippen LogP contribution < -0.4 is 5.73 Å². The van der Waals surface area contributed by atoms with E-state index in [2.05, 4.69) is 4.74 Å². The second kappa shape index (κ2) is 5.53. The molecule has 0 saturated carbocycles. The van der Waals surface area contributed by atoms with E-state index in [1.165, 1.54) is 0 Å². The number of nitrogens with two attached hydrogens (primary N) is 1. The van der Waals surface area contributed by atoms with Gasteiger partial charge < -0.3 is 15.2 Å². The lowest BCUT2D eigenvalue weighted by molar-refractivity contribution is -0.178. The van der Waals surface area contributed by atoms with Gasteiger partial charge in [0, 0.05) is 6.54 Å². The molecule has 0 saturated heterocycles. The van der Waals surface area contributed by atoms with Crippen LogP contribution in [0.15, 0.2) is 0 Å². The molecule has 2 N–H and O–H groups in total. The minimum absolute atomic E-state index is 0.0804. The van der Waals surface area contributed by atoms with Crippen molar-refractivity contribution in [3.05, 3.63) is 0 Å². The van der Waals surface area contributed by atoms with Crippen molar-refractivity contribution in [3.63, 3.8) is 0 Å². The van der Waals surface area contributed by atoms with Crippen molar-refractivity contribution in [1.82, 2.24) is 0 Å². The molecule has 0 aliphatic carbocycles. The average molecular weight is 215 g/mol. The summed E-state index contributed by atoms with van der Waals surface area (Å²) in [4.78, 5) is 0. The van der Waals surface area contributed by atoms with Gasteiger partial charge in [-0.15, -0.1) is 0 Å². The molecule has 0 heterocycles. The Balaban J connectivity index is 3.39. The van der Waals surface area contributed by atoms with E-state index in [9.17, 15) is 13.2 Å². The summed E-state index contributed by atoms with van der Waals surface area (Å²) >= 11 is 0. The molecule has 0 bridgehead atoms. The second-order valence-electron chi connectivity index (χ2n) is 3.48. The van der Waals surface area contributed by atoms with Crippen LogP contribution in [-0.2, 0) is 9.47 Å². The number of hydrogen-bond donors (Lipinski definition) is 1. The van der Waals surface area contributed by atoms with E-state index in [1.54, 1.807) is 13.8 Å². The first-order chi connectivity index (χ1) is 6.27.